The highest BCUT2D eigenvalue weighted by Crippen LogP contribution is 2.12. The fraction of sp³-hybridized carbons (Fsp3) is 1.00. The van der Waals surface area contributed by atoms with E-state index in [-0.39, 0.29) is 0 Å². The van der Waals surface area contributed by atoms with Crippen LogP contribution >= 0.6 is 0 Å². The normalized spacial score (nSPS) is 19.4. The van der Waals surface area contributed by atoms with Gasteiger partial charge >= 0.3 is 0 Å². The highest BCUT2D eigenvalue weighted by molar-refractivity contribution is 4.63. The van der Waals surface area contributed by atoms with Crippen molar-refractivity contribution in [2.75, 3.05) is 0 Å². The molecule has 0 amide bonds. The Balaban J connectivity index is 3.29. The summed E-state index contributed by atoms with van der Waals surface area (Å²) in [7, 11) is 0. The Bertz CT molecular complexity index is 89.6. The van der Waals surface area contributed by atoms with Crippen LogP contribution in [-0.4, -0.2) is 12.1 Å². The van der Waals surface area contributed by atoms with Gasteiger partial charge in [-0.2, -0.15) is 0 Å². The molecule has 0 aliphatic rings. The summed E-state index contributed by atoms with van der Waals surface area (Å²) >= 11 is 0. The predicted molar refractivity (Wildman–Crippen MR) is 50.3 cm³/mol. The van der Waals surface area contributed by atoms with Crippen molar-refractivity contribution >= 4 is 0 Å². The van der Waals surface area contributed by atoms with E-state index in [2.05, 4.69) is 20.8 Å². The van der Waals surface area contributed by atoms with Crippen LogP contribution < -0.4 is 11.5 Å². The molecule has 0 rings (SSSR count). The Morgan fingerprint density at radius 1 is 0.909 bits per heavy atom. The minimum Gasteiger partial charge on any atom is -0.328 e. The van der Waals surface area contributed by atoms with Gasteiger partial charge in [-0.15, -0.1) is 0 Å². The van der Waals surface area contributed by atoms with Crippen LogP contribution in [0.15, 0.2) is 0 Å². The van der Waals surface area contributed by atoms with Crippen LogP contribution in [0, 0.1) is 5.92 Å². The molecule has 0 spiro atoms. The topological polar surface area (TPSA) is 52.0 Å². The van der Waals surface area contributed by atoms with E-state index in [0.29, 0.717) is 12.1 Å². The van der Waals surface area contributed by atoms with Crippen molar-refractivity contribution in [2.24, 2.45) is 17.4 Å². The van der Waals surface area contributed by atoms with Gasteiger partial charge in [0.1, 0.15) is 0 Å². The van der Waals surface area contributed by atoms with Crippen LogP contribution in [-0.2, 0) is 0 Å². The summed E-state index contributed by atoms with van der Waals surface area (Å²) in [4.78, 5) is 0. The van der Waals surface area contributed by atoms with Crippen molar-refractivity contribution in [3.63, 3.8) is 0 Å². The predicted octanol–water partition coefficient (Wildman–Crippen LogP) is 1.49. The first-order chi connectivity index (χ1) is 5.02. The highest BCUT2D eigenvalue weighted by atomic mass is 14.6. The first kappa shape index (κ1) is 10.9. The van der Waals surface area contributed by atoms with Gasteiger partial charge in [-0.05, 0) is 39.0 Å². The van der Waals surface area contributed by atoms with Crippen LogP contribution in [0.1, 0.15) is 40.0 Å². The van der Waals surface area contributed by atoms with Gasteiger partial charge in [-0.1, -0.05) is 6.92 Å². The van der Waals surface area contributed by atoms with E-state index in [9.17, 15) is 0 Å². The van der Waals surface area contributed by atoms with Crippen molar-refractivity contribution in [3.05, 3.63) is 0 Å². The number of nitrogens with two attached hydrogens (primary N) is 2. The highest BCUT2D eigenvalue weighted by Gasteiger charge is 2.05. The van der Waals surface area contributed by atoms with Gasteiger partial charge < -0.3 is 11.5 Å². The lowest BCUT2D eigenvalue weighted by Crippen LogP contribution is -2.20. The van der Waals surface area contributed by atoms with Crippen LogP contribution in [0.3, 0.4) is 0 Å². The second kappa shape index (κ2) is 5.56. The van der Waals surface area contributed by atoms with E-state index in [1.807, 2.05) is 0 Å². The van der Waals surface area contributed by atoms with Gasteiger partial charge in [0.05, 0.1) is 0 Å². The Morgan fingerprint density at radius 3 is 1.82 bits per heavy atom. The largest absolute Gasteiger partial charge is 0.328 e. The van der Waals surface area contributed by atoms with Gasteiger partial charge in [0.25, 0.3) is 0 Å². The van der Waals surface area contributed by atoms with Crippen molar-refractivity contribution in [1.29, 1.82) is 0 Å². The summed E-state index contributed by atoms with van der Waals surface area (Å²) in [6, 6.07) is 0.670. The van der Waals surface area contributed by atoms with E-state index in [4.69, 9.17) is 11.5 Å². The second-order valence-corrected chi connectivity index (χ2v) is 3.87. The molecule has 4 N–H and O–H groups in total. The number of hydrogen-bond donors (Lipinski definition) is 2. The summed E-state index contributed by atoms with van der Waals surface area (Å²) in [6.07, 6.45) is 3.44. The third-order valence-corrected chi connectivity index (χ3v) is 1.89. The molecule has 0 heterocycles. The third kappa shape index (κ3) is 7.82. The summed E-state index contributed by atoms with van der Waals surface area (Å²) in [5.41, 5.74) is 11.3. The zero-order chi connectivity index (χ0) is 8.85. The fourth-order valence-electron chi connectivity index (χ4n) is 1.30. The van der Waals surface area contributed by atoms with E-state index >= 15 is 0 Å². The zero-order valence-corrected chi connectivity index (χ0v) is 8.01. The summed E-state index contributed by atoms with van der Waals surface area (Å²) in [5.74, 6) is 0.723. The van der Waals surface area contributed by atoms with E-state index in [0.717, 1.165) is 18.8 Å². The molecule has 0 saturated heterocycles. The lowest BCUT2D eigenvalue weighted by molar-refractivity contribution is 0.424. The van der Waals surface area contributed by atoms with Gasteiger partial charge in [0, 0.05) is 12.1 Å². The molecule has 11 heavy (non-hydrogen) atoms. The quantitative estimate of drug-likeness (QED) is 0.637. The molecule has 68 valence electrons. The first-order valence-electron chi connectivity index (χ1n) is 4.53. The molecule has 0 bridgehead atoms. The number of rotatable bonds is 5. The van der Waals surface area contributed by atoms with Crippen LogP contribution in [0.4, 0.5) is 0 Å². The van der Waals surface area contributed by atoms with Gasteiger partial charge in [-0.25, -0.2) is 0 Å². The first-order valence-corrected chi connectivity index (χ1v) is 4.53. The smallest absolute Gasteiger partial charge is 0.00130 e. The average Bonchev–Trinajstić information content (AvgIpc) is 1.82. The van der Waals surface area contributed by atoms with E-state index < -0.39 is 0 Å². The molecule has 0 saturated carbocycles. The minimum atomic E-state index is 0.332. The molecule has 3 atom stereocenters. The third-order valence-electron chi connectivity index (χ3n) is 1.89. The second-order valence-electron chi connectivity index (χ2n) is 3.87. The van der Waals surface area contributed by atoms with Gasteiger partial charge in [0.2, 0.25) is 0 Å². The Kier molecular flexibility index (Phi) is 5.51. The molecule has 0 fully saturated rings. The monoisotopic (exact) mass is 158 g/mol. The van der Waals surface area contributed by atoms with Crippen molar-refractivity contribution in [1.82, 2.24) is 0 Å². The van der Waals surface area contributed by atoms with Crippen molar-refractivity contribution in [3.8, 4) is 0 Å². The Labute approximate surface area is 70.3 Å². The molecule has 0 aromatic rings. The molecular weight excluding hydrogens is 136 g/mol. The lowest BCUT2D eigenvalue weighted by atomic mass is 9.96. The molecule has 0 radical (unpaired) electrons. The van der Waals surface area contributed by atoms with E-state index in [1.165, 1.54) is 6.42 Å². The summed E-state index contributed by atoms with van der Waals surface area (Å²) < 4.78 is 0. The molecule has 2 nitrogen and oxygen atoms in total. The average molecular weight is 158 g/mol. The summed E-state index contributed by atoms with van der Waals surface area (Å²) in [5, 5.41) is 0. The van der Waals surface area contributed by atoms with Crippen LogP contribution in [0.2, 0.25) is 0 Å². The molecule has 2 heteroatoms. The maximum atomic E-state index is 5.67. The Hall–Kier alpha value is -0.0800. The standard InChI is InChI=1S/C9H22N2/c1-7(6-9(3)11)4-5-8(2)10/h7-9H,4-6,10-11H2,1-3H3. The molecule has 0 aliphatic heterocycles. The maximum absolute atomic E-state index is 5.67. The molecule has 0 aliphatic carbocycles. The number of hydrogen-bond acceptors (Lipinski definition) is 2. The molecule has 0 aromatic heterocycles. The van der Waals surface area contributed by atoms with Crippen LogP contribution in [0.5, 0.6) is 0 Å². The Morgan fingerprint density at radius 2 is 1.45 bits per heavy atom. The maximum Gasteiger partial charge on any atom is 0.00130 e. The van der Waals surface area contributed by atoms with Crippen molar-refractivity contribution in [2.45, 2.75) is 52.1 Å². The van der Waals surface area contributed by atoms with Crippen LogP contribution in [0.25, 0.3) is 0 Å². The van der Waals surface area contributed by atoms with Crippen molar-refractivity contribution < 1.29 is 0 Å². The fourth-order valence-corrected chi connectivity index (χ4v) is 1.30. The van der Waals surface area contributed by atoms with Gasteiger partial charge in [-0.3, -0.25) is 0 Å². The lowest BCUT2D eigenvalue weighted by Gasteiger charge is -2.14. The molecular formula is C9H22N2. The SMILES string of the molecule is CC(N)CCC(C)CC(C)N. The molecule has 0 aromatic carbocycles. The van der Waals surface area contributed by atoms with E-state index in [1.54, 1.807) is 0 Å². The summed E-state index contributed by atoms with van der Waals surface area (Å²) in [6.45, 7) is 6.35. The zero-order valence-electron chi connectivity index (χ0n) is 8.01. The minimum absolute atomic E-state index is 0.332. The van der Waals surface area contributed by atoms with Gasteiger partial charge in [0.15, 0.2) is 0 Å². The molecule has 3 unspecified atom stereocenters.